The molecule has 2 unspecified atom stereocenters. The van der Waals surface area contributed by atoms with Crippen LogP contribution < -0.4 is 0 Å². The van der Waals surface area contributed by atoms with Gasteiger partial charge in [0, 0.05) is 6.42 Å². The van der Waals surface area contributed by atoms with Crippen molar-refractivity contribution >= 4 is 22.1 Å². The zero-order valence-corrected chi connectivity index (χ0v) is 22.0. The minimum atomic E-state index is -2.84. The van der Waals surface area contributed by atoms with E-state index in [-0.39, 0.29) is 10.8 Å². The third kappa shape index (κ3) is 5.19. The van der Waals surface area contributed by atoms with Crippen LogP contribution in [0.4, 0.5) is 0 Å². The van der Waals surface area contributed by atoms with Crippen molar-refractivity contribution in [2.45, 2.75) is 64.6 Å². The first-order valence-electron chi connectivity index (χ1n) is 11.2. The molecular formula is C26H32O5P2. The highest BCUT2D eigenvalue weighted by molar-refractivity contribution is 7.48. The van der Waals surface area contributed by atoms with Crippen LogP contribution in [0.2, 0.25) is 0 Å². The molecule has 0 radical (unpaired) electrons. The number of hydrogen-bond acceptors (Lipinski definition) is 5. The molecule has 2 aliphatic rings. The van der Waals surface area contributed by atoms with E-state index in [1.165, 1.54) is 16.7 Å². The van der Waals surface area contributed by atoms with E-state index in [0.29, 0.717) is 6.42 Å². The SMILES string of the molecule is CC(C)(C)c1ccc(-c2ccccc2C2=CCC3(C=C2)O[PH](=O)O[PH](=O)O3)c(C(C)(C)C)c1. The highest BCUT2D eigenvalue weighted by Gasteiger charge is 2.40. The van der Waals surface area contributed by atoms with E-state index in [9.17, 15) is 9.13 Å². The van der Waals surface area contributed by atoms with E-state index in [1.807, 2.05) is 18.2 Å². The van der Waals surface area contributed by atoms with Crippen LogP contribution in [-0.4, -0.2) is 5.79 Å². The van der Waals surface area contributed by atoms with Gasteiger partial charge in [-0.25, -0.2) is 4.31 Å². The molecule has 0 N–H and O–H groups in total. The van der Waals surface area contributed by atoms with Gasteiger partial charge in [-0.2, -0.15) is 0 Å². The van der Waals surface area contributed by atoms with Gasteiger partial charge in [0.2, 0.25) is 5.79 Å². The molecule has 1 aliphatic carbocycles. The summed E-state index contributed by atoms with van der Waals surface area (Å²) >= 11 is 0. The molecule has 1 heterocycles. The Bertz CT molecular complexity index is 1170. The fourth-order valence-corrected chi connectivity index (χ4v) is 6.12. The summed E-state index contributed by atoms with van der Waals surface area (Å²) in [6.45, 7) is 13.4. The van der Waals surface area contributed by atoms with E-state index in [4.69, 9.17) is 9.05 Å². The smallest absolute Gasteiger partial charge is 0.272 e. The second-order valence-electron chi connectivity index (χ2n) is 10.6. The van der Waals surface area contributed by atoms with Crippen LogP contribution in [0, 0.1) is 0 Å². The van der Waals surface area contributed by atoms with Gasteiger partial charge in [0.15, 0.2) is 0 Å². The summed E-state index contributed by atoms with van der Waals surface area (Å²) in [5.41, 5.74) is 7.08. The van der Waals surface area contributed by atoms with Crippen molar-refractivity contribution in [3.05, 3.63) is 77.4 Å². The maximum atomic E-state index is 11.8. The van der Waals surface area contributed by atoms with Gasteiger partial charge in [0.05, 0.1) is 0 Å². The molecule has 5 nitrogen and oxygen atoms in total. The van der Waals surface area contributed by atoms with Gasteiger partial charge in [-0.1, -0.05) is 96.2 Å². The summed E-state index contributed by atoms with van der Waals surface area (Å²) in [5.74, 6) is -1.28. The first-order valence-corrected chi connectivity index (χ1v) is 13.6. The van der Waals surface area contributed by atoms with Crippen LogP contribution in [0.15, 0.2) is 60.7 Å². The van der Waals surface area contributed by atoms with Crippen LogP contribution in [-0.2, 0) is 33.3 Å². The molecule has 1 spiro atoms. The second kappa shape index (κ2) is 8.80. The van der Waals surface area contributed by atoms with Gasteiger partial charge in [0.25, 0.3) is 0 Å². The van der Waals surface area contributed by atoms with Gasteiger partial charge in [0.1, 0.15) is 0 Å². The molecule has 2 atom stereocenters. The van der Waals surface area contributed by atoms with Crippen molar-refractivity contribution in [2.75, 3.05) is 0 Å². The highest BCUT2D eigenvalue weighted by Crippen LogP contribution is 2.54. The Hall–Kier alpha value is -1.74. The fraction of sp³-hybridized carbons (Fsp3) is 0.385. The quantitative estimate of drug-likeness (QED) is 0.405. The zero-order valence-electron chi connectivity index (χ0n) is 20.0. The molecule has 176 valence electrons. The van der Waals surface area contributed by atoms with E-state index in [1.54, 1.807) is 6.08 Å². The average molecular weight is 486 g/mol. The van der Waals surface area contributed by atoms with Crippen molar-refractivity contribution in [2.24, 2.45) is 0 Å². The van der Waals surface area contributed by atoms with Gasteiger partial charge >= 0.3 is 16.5 Å². The lowest BCUT2D eigenvalue weighted by Gasteiger charge is -2.34. The third-order valence-corrected chi connectivity index (χ3v) is 8.38. The Morgan fingerprint density at radius 3 is 2.00 bits per heavy atom. The molecule has 0 bridgehead atoms. The molecule has 33 heavy (non-hydrogen) atoms. The van der Waals surface area contributed by atoms with E-state index >= 15 is 0 Å². The molecule has 1 aliphatic heterocycles. The largest absolute Gasteiger partial charge is 0.328 e. The second-order valence-corrected chi connectivity index (χ2v) is 12.8. The summed E-state index contributed by atoms with van der Waals surface area (Å²) in [6, 6.07) is 15.1. The summed E-state index contributed by atoms with van der Waals surface area (Å²) < 4.78 is 39.0. The molecule has 7 heteroatoms. The molecule has 0 saturated carbocycles. The first kappa shape index (κ1) is 24.4. The van der Waals surface area contributed by atoms with Crippen LogP contribution in [0.3, 0.4) is 0 Å². The lowest BCUT2D eigenvalue weighted by atomic mass is 9.76. The molecule has 1 saturated heterocycles. The van der Waals surface area contributed by atoms with Gasteiger partial charge < -0.3 is 0 Å². The molecule has 2 aromatic carbocycles. The molecule has 2 aromatic rings. The van der Waals surface area contributed by atoms with Crippen LogP contribution in [0.5, 0.6) is 0 Å². The predicted molar refractivity (Wildman–Crippen MR) is 135 cm³/mol. The summed E-state index contributed by atoms with van der Waals surface area (Å²) in [7, 11) is -5.68. The Kier molecular flexibility index (Phi) is 6.50. The minimum Gasteiger partial charge on any atom is -0.272 e. The number of benzene rings is 2. The lowest BCUT2D eigenvalue weighted by molar-refractivity contribution is -0.0847. The van der Waals surface area contributed by atoms with Crippen LogP contribution in [0.25, 0.3) is 16.7 Å². The standard InChI is InChI=1S/C26H32O5P2/c1-24(2,3)19-11-12-22(23(17-19)25(4,5)6)21-10-8-7-9-20(21)18-13-15-26(16-14-18)29-32(27)31-33(28)30-26/h7-15,17,32-33H,16H2,1-6H3. The lowest BCUT2D eigenvalue weighted by Crippen LogP contribution is -2.32. The Labute approximate surface area is 197 Å². The molecule has 0 amide bonds. The summed E-state index contributed by atoms with van der Waals surface area (Å²) in [6.07, 6.45) is 5.87. The average Bonchev–Trinajstić information content (AvgIpc) is 2.72. The van der Waals surface area contributed by atoms with Crippen molar-refractivity contribution in [3.8, 4) is 11.1 Å². The molecule has 4 rings (SSSR count). The highest BCUT2D eigenvalue weighted by atomic mass is 31.2. The summed E-state index contributed by atoms with van der Waals surface area (Å²) in [4.78, 5) is 0. The maximum absolute atomic E-state index is 11.8. The predicted octanol–water partition coefficient (Wildman–Crippen LogP) is 7.83. The van der Waals surface area contributed by atoms with Crippen molar-refractivity contribution in [1.29, 1.82) is 0 Å². The fourth-order valence-electron chi connectivity index (χ4n) is 4.20. The monoisotopic (exact) mass is 486 g/mol. The third-order valence-electron chi connectivity index (χ3n) is 6.02. The minimum absolute atomic E-state index is 0.0343. The molecular weight excluding hydrogens is 454 g/mol. The van der Waals surface area contributed by atoms with E-state index < -0.39 is 22.3 Å². The normalized spacial score (nSPS) is 25.8. The van der Waals surface area contributed by atoms with Gasteiger partial charge in [-0.15, -0.1) is 0 Å². The maximum Gasteiger partial charge on any atom is 0.328 e. The number of allylic oxidation sites excluding steroid dienone is 2. The van der Waals surface area contributed by atoms with Crippen LogP contribution >= 0.6 is 16.5 Å². The Balaban J connectivity index is 1.76. The van der Waals surface area contributed by atoms with E-state index in [0.717, 1.165) is 16.7 Å². The van der Waals surface area contributed by atoms with Crippen molar-refractivity contribution in [3.63, 3.8) is 0 Å². The zero-order chi connectivity index (χ0) is 24.0. The van der Waals surface area contributed by atoms with Crippen LogP contribution in [0.1, 0.15) is 64.7 Å². The van der Waals surface area contributed by atoms with E-state index in [2.05, 4.69) is 82.3 Å². The van der Waals surface area contributed by atoms with Crippen molar-refractivity contribution in [1.82, 2.24) is 0 Å². The number of hydrogen-bond donors (Lipinski definition) is 0. The van der Waals surface area contributed by atoms with Crippen molar-refractivity contribution < 1.29 is 22.5 Å². The molecule has 0 aromatic heterocycles. The molecule has 1 fully saturated rings. The van der Waals surface area contributed by atoms with Gasteiger partial charge in [-0.05, 0) is 50.3 Å². The first-order chi connectivity index (χ1) is 15.4. The number of rotatable bonds is 2. The Morgan fingerprint density at radius 1 is 0.818 bits per heavy atom. The summed E-state index contributed by atoms with van der Waals surface area (Å²) in [5, 5.41) is 0. The van der Waals surface area contributed by atoms with Gasteiger partial charge in [-0.3, -0.25) is 18.2 Å². The Morgan fingerprint density at radius 2 is 1.45 bits per heavy atom. The topological polar surface area (TPSA) is 61.8 Å².